The minimum absolute atomic E-state index is 0.0794. The van der Waals surface area contributed by atoms with Gasteiger partial charge in [-0.1, -0.05) is 11.8 Å². The molecule has 0 saturated carbocycles. The highest BCUT2D eigenvalue weighted by atomic mass is 32.2. The number of nitrogens with zero attached hydrogens (tertiary/aromatic N) is 1. The molecule has 0 radical (unpaired) electrons. The summed E-state index contributed by atoms with van der Waals surface area (Å²) in [5.74, 6) is 0.163. The summed E-state index contributed by atoms with van der Waals surface area (Å²) in [6.45, 7) is 0. The van der Waals surface area contributed by atoms with Crippen molar-refractivity contribution in [1.82, 2.24) is 9.97 Å². The van der Waals surface area contributed by atoms with Gasteiger partial charge in [0.15, 0.2) is 16.7 Å². The fourth-order valence-electron chi connectivity index (χ4n) is 2.99. The minimum atomic E-state index is -0.651. The molecule has 34 heavy (non-hydrogen) atoms. The Balaban J connectivity index is 1.77. The van der Waals surface area contributed by atoms with Crippen LogP contribution in [-0.4, -0.2) is 56.0 Å². The summed E-state index contributed by atoms with van der Waals surface area (Å²) in [5.41, 5.74) is 1.14. The number of H-pyrrole nitrogens is 1. The highest BCUT2D eigenvalue weighted by Gasteiger charge is 2.19. The van der Waals surface area contributed by atoms with Gasteiger partial charge < -0.3 is 29.2 Å². The zero-order valence-corrected chi connectivity index (χ0v) is 19.8. The number of amides is 1. The zero-order valence-electron chi connectivity index (χ0n) is 19.0. The number of esters is 1. The Morgan fingerprint density at radius 2 is 1.65 bits per heavy atom. The molecule has 0 fully saturated rings. The number of ether oxygens (including phenoxy) is 4. The molecule has 0 aliphatic carbocycles. The molecule has 0 spiro atoms. The zero-order chi connectivity index (χ0) is 24.7. The van der Waals surface area contributed by atoms with Gasteiger partial charge in [-0.3, -0.25) is 9.59 Å². The second-order valence-electron chi connectivity index (χ2n) is 6.75. The van der Waals surface area contributed by atoms with E-state index in [1.165, 1.54) is 39.5 Å². The molecule has 0 aliphatic heterocycles. The van der Waals surface area contributed by atoms with Crippen LogP contribution in [0, 0.1) is 0 Å². The van der Waals surface area contributed by atoms with E-state index in [1.54, 1.807) is 31.4 Å². The molecule has 10 nitrogen and oxygen atoms in total. The topological polar surface area (TPSA) is 129 Å². The molecule has 1 aromatic heterocycles. The number of nitrogens with one attached hydrogen (secondary N) is 2. The third-order valence-electron chi connectivity index (χ3n) is 4.65. The van der Waals surface area contributed by atoms with Crippen LogP contribution in [0.25, 0.3) is 11.3 Å². The third-order valence-corrected chi connectivity index (χ3v) is 5.52. The molecule has 11 heteroatoms. The van der Waals surface area contributed by atoms with Gasteiger partial charge in [-0.15, -0.1) is 0 Å². The minimum Gasteiger partial charge on any atom is -0.497 e. The van der Waals surface area contributed by atoms with Crippen LogP contribution in [0.15, 0.2) is 52.4 Å². The van der Waals surface area contributed by atoms with Crippen molar-refractivity contribution in [2.45, 2.75) is 5.16 Å². The van der Waals surface area contributed by atoms with Crippen LogP contribution in [-0.2, 0) is 9.53 Å². The van der Waals surface area contributed by atoms with Crippen molar-refractivity contribution in [3.8, 4) is 28.5 Å². The van der Waals surface area contributed by atoms with E-state index in [-0.39, 0.29) is 27.7 Å². The van der Waals surface area contributed by atoms with Crippen molar-refractivity contribution < 1.29 is 28.5 Å². The number of hydrogen-bond acceptors (Lipinski definition) is 9. The molecule has 3 aromatic rings. The van der Waals surface area contributed by atoms with Gasteiger partial charge in [-0.2, -0.15) is 0 Å². The lowest BCUT2D eigenvalue weighted by atomic mass is 10.1. The van der Waals surface area contributed by atoms with Crippen molar-refractivity contribution in [1.29, 1.82) is 0 Å². The maximum Gasteiger partial charge on any atom is 0.340 e. The molecule has 2 aromatic carbocycles. The molecule has 0 bridgehead atoms. The average Bonchev–Trinajstić information content (AvgIpc) is 2.86. The van der Waals surface area contributed by atoms with E-state index >= 15 is 0 Å². The molecular formula is C23H23N3O7S. The van der Waals surface area contributed by atoms with Gasteiger partial charge in [0.1, 0.15) is 5.75 Å². The van der Waals surface area contributed by atoms with E-state index < -0.39 is 11.9 Å². The number of benzene rings is 2. The summed E-state index contributed by atoms with van der Waals surface area (Å²) < 4.78 is 20.4. The molecular weight excluding hydrogens is 462 g/mol. The largest absolute Gasteiger partial charge is 0.497 e. The first-order chi connectivity index (χ1) is 16.4. The number of anilines is 1. The van der Waals surface area contributed by atoms with E-state index in [0.717, 1.165) is 17.3 Å². The number of carbonyl (C=O) groups excluding carboxylic acids is 2. The van der Waals surface area contributed by atoms with Gasteiger partial charge in [0, 0.05) is 23.8 Å². The second-order valence-corrected chi connectivity index (χ2v) is 7.71. The van der Waals surface area contributed by atoms with Crippen LogP contribution in [0.5, 0.6) is 17.2 Å². The molecule has 178 valence electrons. The van der Waals surface area contributed by atoms with Crippen molar-refractivity contribution in [2.24, 2.45) is 0 Å². The lowest BCUT2D eigenvalue weighted by Gasteiger charge is -2.14. The first-order valence-corrected chi connectivity index (χ1v) is 10.9. The van der Waals surface area contributed by atoms with Crippen LogP contribution in [0.2, 0.25) is 0 Å². The third kappa shape index (κ3) is 5.87. The number of aromatic nitrogens is 2. The number of thioether (sulfide) groups is 1. The fraction of sp³-hybridized carbons (Fsp3) is 0.217. The SMILES string of the molecule is COC(=O)c1cc(OC)c(OC)cc1NC(=O)CSc1nc(-c2ccc(OC)cc2)cc(=O)[nH]1. The maximum atomic E-state index is 12.6. The first kappa shape index (κ1) is 24.6. The fourth-order valence-corrected chi connectivity index (χ4v) is 3.67. The molecule has 1 heterocycles. The van der Waals surface area contributed by atoms with Gasteiger partial charge in [0.2, 0.25) is 5.91 Å². The van der Waals surface area contributed by atoms with Crippen molar-refractivity contribution >= 4 is 29.3 Å². The summed E-state index contributed by atoms with van der Waals surface area (Å²) >= 11 is 1.04. The summed E-state index contributed by atoms with van der Waals surface area (Å²) in [6, 6.07) is 11.4. The average molecular weight is 486 g/mol. The normalized spacial score (nSPS) is 10.4. The van der Waals surface area contributed by atoms with Crippen LogP contribution in [0.1, 0.15) is 10.4 Å². The lowest BCUT2D eigenvalue weighted by Crippen LogP contribution is -2.18. The highest BCUT2D eigenvalue weighted by Crippen LogP contribution is 2.34. The number of aromatic amines is 1. The summed E-state index contributed by atoms with van der Waals surface area (Å²) in [4.78, 5) is 44.0. The Hall–Kier alpha value is -3.99. The van der Waals surface area contributed by atoms with Crippen molar-refractivity contribution in [3.63, 3.8) is 0 Å². The number of methoxy groups -OCH3 is 4. The van der Waals surface area contributed by atoms with E-state index in [1.807, 2.05) is 0 Å². The van der Waals surface area contributed by atoms with Gasteiger partial charge in [0.05, 0.1) is 51.1 Å². The number of hydrogen-bond donors (Lipinski definition) is 2. The Bertz CT molecular complexity index is 1240. The first-order valence-electron chi connectivity index (χ1n) is 9.91. The van der Waals surface area contributed by atoms with Gasteiger partial charge >= 0.3 is 5.97 Å². The van der Waals surface area contributed by atoms with E-state index in [0.29, 0.717) is 22.9 Å². The number of rotatable bonds is 9. The Morgan fingerprint density at radius 3 is 2.26 bits per heavy atom. The van der Waals surface area contributed by atoms with E-state index in [4.69, 9.17) is 18.9 Å². The molecule has 0 atom stereocenters. The quantitative estimate of drug-likeness (QED) is 0.267. The maximum absolute atomic E-state index is 12.6. The van der Waals surface area contributed by atoms with Crippen LogP contribution >= 0.6 is 11.8 Å². The Morgan fingerprint density at radius 1 is 0.971 bits per heavy atom. The van der Waals surface area contributed by atoms with Crippen LogP contribution < -0.4 is 25.1 Å². The molecule has 0 unspecified atom stereocenters. The predicted octanol–water partition coefficient (Wildman–Crippen LogP) is 2.98. The van der Waals surface area contributed by atoms with Crippen LogP contribution in [0.4, 0.5) is 5.69 Å². The molecule has 1 amide bonds. The van der Waals surface area contributed by atoms with Gasteiger partial charge in [0.25, 0.3) is 5.56 Å². The second kappa shape index (κ2) is 11.2. The summed E-state index contributed by atoms with van der Waals surface area (Å²) in [7, 11) is 5.67. The van der Waals surface area contributed by atoms with E-state index in [2.05, 4.69) is 15.3 Å². The lowest BCUT2D eigenvalue weighted by molar-refractivity contribution is -0.113. The van der Waals surface area contributed by atoms with E-state index in [9.17, 15) is 14.4 Å². The predicted molar refractivity (Wildman–Crippen MR) is 127 cm³/mol. The summed E-state index contributed by atoms with van der Waals surface area (Å²) in [5, 5.41) is 2.94. The van der Waals surface area contributed by atoms with Gasteiger partial charge in [-0.05, 0) is 24.3 Å². The smallest absolute Gasteiger partial charge is 0.340 e. The monoisotopic (exact) mass is 485 g/mol. The van der Waals surface area contributed by atoms with Crippen molar-refractivity contribution in [2.75, 3.05) is 39.5 Å². The molecule has 3 rings (SSSR count). The Kier molecular flexibility index (Phi) is 8.14. The highest BCUT2D eigenvalue weighted by molar-refractivity contribution is 7.99. The Labute approximate surface area is 199 Å². The van der Waals surface area contributed by atoms with Crippen molar-refractivity contribution in [3.05, 3.63) is 58.4 Å². The molecule has 0 aliphatic rings. The molecule has 2 N–H and O–H groups in total. The standard InChI is InChI=1S/C23H23N3O7S/c1-30-14-7-5-13(6-8-14)16-11-20(27)26-23(25-16)34-12-21(28)24-17-10-19(32-3)18(31-2)9-15(17)22(29)33-4/h5-11H,12H2,1-4H3,(H,24,28)(H,25,26,27). The van der Waals surface area contributed by atoms with Crippen LogP contribution in [0.3, 0.4) is 0 Å². The number of carbonyl (C=O) groups is 2. The molecule has 0 saturated heterocycles. The summed E-state index contributed by atoms with van der Waals surface area (Å²) in [6.07, 6.45) is 0. The van der Waals surface area contributed by atoms with Gasteiger partial charge in [-0.25, -0.2) is 9.78 Å².